The van der Waals surface area contributed by atoms with Crippen molar-refractivity contribution in [1.82, 2.24) is 5.32 Å². The number of aryl methyl sites for hydroxylation is 1. The van der Waals surface area contributed by atoms with E-state index in [0.29, 0.717) is 19.7 Å². The summed E-state index contributed by atoms with van der Waals surface area (Å²) in [6.45, 7) is 4.16. The second-order valence-electron chi connectivity index (χ2n) is 5.34. The fourth-order valence-corrected chi connectivity index (χ4v) is 1.95. The third-order valence-electron chi connectivity index (χ3n) is 3.36. The Hall–Kier alpha value is -0.970. The second-order valence-corrected chi connectivity index (χ2v) is 5.34. The van der Waals surface area contributed by atoms with E-state index in [-0.39, 0.29) is 5.82 Å². The number of aliphatic hydroxyl groups excluding tert-OH is 1. The molecule has 2 N–H and O–H groups in total. The minimum atomic E-state index is -0.487. The fraction of sp³-hybridized carbons (Fsp3) is 0.600. The van der Waals surface area contributed by atoms with Gasteiger partial charge in [-0.3, -0.25) is 0 Å². The molecule has 1 fully saturated rings. The summed E-state index contributed by atoms with van der Waals surface area (Å²) in [4.78, 5) is 0. The van der Waals surface area contributed by atoms with Crippen LogP contribution in [0.25, 0.3) is 0 Å². The van der Waals surface area contributed by atoms with Crippen molar-refractivity contribution in [3.8, 4) is 0 Å². The summed E-state index contributed by atoms with van der Waals surface area (Å²) in [5.41, 5.74) is 1.97. The molecule has 1 saturated carbocycles. The van der Waals surface area contributed by atoms with E-state index < -0.39 is 6.10 Å². The average molecular weight is 267 g/mol. The monoisotopic (exact) mass is 267 g/mol. The summed E-state index contributed by atoms with van der Waals surface area (Å²) in [6.07, 6.45) is 2.04. The van der Waals surface area contributed by atoms with Crippen molar-refractivity contribution in [3.05, 3.63) is 35.1 Å². The number of benzene rings is 1. The second kappa shape index (κ2) is 6.98. The van der Waals surface area contributed by atoms with Gasteiger partial charge in [0.25, 0.3) is 0 Å². The van der Waals surface area contributed by atoms with Gasteiger partial charge in [0.2, 0.25) is 0 Å². The van der Waals surface area contributed by atoms with Crippen LogP contribution < -0.4 is 5.32 Å². The highest BCUT2D eigenvalue weighted by Crippen LogP contribution is 2.28. The van der Waals surface area contributed by atoms with Crippen LogP contribution >= 0.6 is 0 Å². The van der Waals surface area contributed by atoms with Crippen molar-refractivity contribution in [1.29, 1.82) is 0 Å². The molecule has 106 valence electrons. The predicted molar refractivity (Wildman–Crippen MR) is 72.4 cm³/mol. The molecule has 1 aliphatic rings. The van der Waals surface area contributed by atoms with Crippen LogP contribution in [-0.2, 0) is 11.3 Å². The fourth-order valence-electron chi connectivity index (χ4n) is 1.95. The van der Waals surface area contributed by atoms with E-state index in [2.05, 4.69) is 5.32 Å². The van der Waals surface area contributed by atoms with E-state index >= 15 is 0 Å². The molecule has 1 aromatic carbocycles. The first-order valence-electron chi connectivity index (χ1n) is 6.86. The lowest BCUT2D eigenvalue weighted by molar-refractivity contribution is 0.0324. The molecule has 3 nitrogen and oxygen atoms in total. The minimum absolute atomic E-state index is 0.213. The van der Waals surface area contributed by atoms with Crippen LogP contribution in [0.2, 0.25) is 0 Å². The van der Waals surface area contributed by atoms with Crippen molar-refractivity contribution in [2.24, 2.45) is 5.92 Å². The number of ether oxygens (including phenoxy) is 1. The first-order chi connectivity index (χ1) is 9.15. The molecule has 0 aliphatic heterocycles. The standard InChI is InChI=1S/C15H22FNO2/c1-11-6-14(16)5-4-13(11)7-17-8-15(18)10-19-9-12-2-3-12/h4-6,12,15,17-18H,2-3,7-10H2,1H3. The van der Waals surface area contributed by atoms with Crippen LogP contribution in [0.4, 0.5) is 4.39 Å². The van der Waals surface area contributed by atoms with Gasteiger partial charge in [-0.2, -0.15) is 0 Å². The lowest BCUT2D eigenvalue weighted by Gasteiger charge is -2.13. The normalized spacial score (nSPS) is 16.6. The molecule has 0 radical (unpaired) electrons. The van der Waals surface area contributed by atoms with Crippen LogP contribution in [0.15, 0.2) is 18.2 Å². The molecule has 0 heterocycles. The zero-order valence-electron chi connectivity index (χ0n) is 11.4. The average Bonchev–Trinajstić information content (AvgIpc) is 3.16. The SMILES string of the molecule is Cc1cc(F)ccc1CNCC(O)COCC1CC1. The van der Waals surface area contributed by atoms with Crippen molar-refractivity contribution in [3.63, 3.8) is 0 Å². The molecular formula is C15H22FNO2. The summed E-state index contributed by atoms with van der Waals surface area (Å²) in [7, 11) is 0. The van der Waals surface area contributed by atoms with E-state index in [9.17, 15) is 9.50 Å². The minimum Gasteiger partial charge on any atom is -0.389 e. The highest BCUT2D eigenvalue weighted by atomic mass is 19.1. The number of aliphatic hydroxyl groups is 1. The lowest BCUT2D eigenvalue weighted by Crippen LogP contribution is -2.30. The maximum Gasteiger partial charge on any atom is 0.123 e. The Morgan fingerprint density at radius 3 is 2.95 bits per heavy atom. The molecule has 1 aromatic rings. The van der Waals surface area contributed by atoms with E-state index in [1.165, 1.54) is 25.0 Å². The lowest BCUT2D eigenvalue weighted by atomic mass is 10.1. The Kier molecular flexibility index (Phi) is 5.31. The molecule has 0 spiro atoms. The van der Waals surface area contributed by atoms with Gasteiger partial charge in [0.15, 0.2) is 0 Å². The molecule has 1 unspecified atom stereocenters. The maximum absolute atomic E-state index is 12.9. The molecule has 19 heavy (non-hydrogen) atoms. The molecular weight excluding hydrogens is 245 g/mol. The van der Waals surface area contributed by atoms with Crippen LogP contribution in [0, 0.1) is 18.7 Å². The van der Waals surface area contributed by atoms with Gasteiger partial charge in [0, 0.05) is 19.7 Å². The molecule has 0 saturated heterocycles. The predicted octanol–water partition coefficient (Wildman–Crippen LogP) is 2.01. The number of rotatable bonds is 8. The first kappa shape index (κ1) is 14.4. The van der Waals surface area contributed by atoms with E-state index in [4.69, 9.17) is 4.74 Å². The first-order valence-corrected chi connectivity index (χ1v) is 6.86. The van der Waals surface area contributed by atoms with Gasteiger partial charge >= 0.3 is 0 Å². The van der Waals surface area contributed by atoms with Crippen LogP contribution in [0.5, 0.6) is 0 Å². The van der Waals surface area contributed by atoms with E-state index in [1.54, 1.807) is 6.07 Å². The van der Waals surface area contributed by atoms with Gasteiger partial charge in [-0.1, -0.05) is 6.07 Å². The highest BCUT2D eigenvalue weighted by Gasteiger charge is 2.21. The number of hydrogen-bond acceptors (Lipinski definition) is 3. The summed E-state index contributed by atoms with van der Waals surface area (Å²) >= 11 is 0. The summed E-state index contributed by atoms with van der Waals surface area (Å²) in [5.74, 6) is 0.511. The third-order valence-corrected chi connectivity index (χ3v) is 3.36. The molecule has 0 bridgehead atoms. The Balaban J connectivity index is 1.61. The number of halogens is 1. The summed E-state index contributed by atoms with van der Waals surface area (Å²) in [5, 5.41) is 12.9. The van der Waals surface area contributed by atoms with Gasteiger partial charge in [-0.15, -0.1) is 0 Å². The number of hydrogen-bond donors (Lipinski definition) is 2. The Labute approximate surface area is 113 Å². The topological polar surface area (TPSA) is 41.5 Å². The smallest absolute Gasteiger partial charge is 0.123 e. The molecule has 0 aromatic heterocycles. The molecule has 1 aliphatic carbocycles. The Bertz CT molecular complexity index is 407. The summed E-state index contributed by atoms with van der Waals surface area (Å²) in [6, 6.07) is 4.75. The van der Waals surface area contributed by atoms with Gasteiger partial charge in [-0.25, -0.2) is 4.39 Å². The molecule has 0 amide bonds. The van der Waals surface area contributed by atoms with Crippen molar-refractivity contribution >= 4 is 0 Å². The van der Waals surface area contributed by atoms with Crippen LogP contribution in [0.3, 0.4) is 0 Å². The van der Waals surface area contributed by atoms with Crippen LogP contribution in [0.1, 0.15) is 24.0 Å². The Morgan fingerprint density at radius 1 is 1.47 bits per heavy atom. The highest BCUT2D eigenvalue weighted by molar-refractivity contribution is 5.26. The van der Waals surface area contributed by atoms with Gasteiger partial charge in [-0.05, 0) is 48.9 Å². The van der Waals surface area contributed by atoms with E-state index in [1.807, 2.05) is 6.92 Å². The largest absolute Gasteiger partial charge is 0.389 e. The Morgan fingerprint density at radius 2 is 2.26 bits per heavy atom. The quantitative estimate of drug-likeness (QED) is 0.757. The van der Waals surface area contributed by atoms with Gasteiger partial charge in [0.1, 0.15) is 5.82 Å². The zero-order chi connectivity index (χ0) is 13.7. The van der Waals surface area contributed by atoms with Crippen molar-refractivity contribution < 1.29 is 14.2 Å². The molecule has 4 heteroatoms. The molecule has 2 rings (SSSR count). The molecule has 1 atom stereocenters. The maximum atomic E-state index is 12.9. The third kappa shape index (κ3) is 5.27. The number of nitrogens with one attached hydrogen (secondary N) is 1. The summed E-state index contributed by atoms with van der Waals surface area (Å²) < 4.78 is 18.4. The van der Waals surface area contributed by atoms with E-state index in [0.717, 1.165) is 23.7 Å². The van der Waals surface area contributed by atoms with Crippen LogP contribution in [-0.4, -0.2) is 31.0 Å². The van der Waals surface area contributed by atoms with Crippen molar-refractivity contribution in [2.75, 3.05) is 19.8 Å². The van der Waals surface area contributed by atoms with Gasteiger partial charge in [0.05, 0.1) is 12.7 Å². The van der Waals surface area contributed by atoms with Gasteiger partial charge < -0.3 is 15.2 Å². The van der Waals surface area contributed by atoms with Crippen molar-refractivity contribution in [2.45, 2.75) is 32.4 Å². The zero-order valence-corrected chi connectivity index (χ0v) is 11.4.